The third-order valence-electron chi connectivity index (χ3n) is 5.66. The molecule has 156 valence electrons. The van der Waals surface area contributed by atoms with Crippen LogP contribution in [-0.4, -0.2) is 99.2 Å². The molecule has 0 N–H and O–H groups in total. The zero-order chi connectivity index (χ0) is 20.2. The van der Waals surface area contributed by atoms with Gasteiger partial charge in [0.2, 0.25) is 0 Å². The summed E-state index contributed by atoms with van der Waals surface area (Å²) in [6.07, 6.45) is 1.49. The minimum atomic E-state index is 0.610. The van der Waals surface area contributed by atoms with E-state index in [1.165, 1.54) is 6.40 Å². The van der Waals surface area contributed by atoms with Gasteiger partial charge in [0.25, 0.3) is 0 Å². The maximum Gasteiger partial charge on any atom is 0.174 e. The predicted octanol–water partition coefficient (Wildman–Crippen LogP) is 1.83. The van der Waals surface area contributed by atoms with Crippen molar-refractivity contribution in [3.05, 3.63) is 18.2 Å². The summed E-state index contributed by atoms with van der Waals surface area (Å²) in [5, 5.41) is 0. The lowest BCUT2D eigenvalue weighted by atomic mass is 10.2. The van der Waals surface area contributed by atoms with Crippen molar-refractivity contribution in [1.82, 2.24) is 19.8 Å². The number of fused-ring (bicyclic) bond motifs is 1. The SMILES string of the molecule is CCO/C=N\c1ccc2nc(N3CCN(C)CC3)c(N3CCN(C)CC3)nc2c1. The summed E-state index contributed by atoms with van der Waals surface area (Å²) in [5.74, 6) is 2.02. The molecule has 8 heteroatoms. The quantitative estimate of drug-likeness (QED) is 0.563. The number of hydrogen-bond donors (Lipinski definition) is 0. The van der Waals surface area contributed by atoms with Gasteiger partial charge in [-0.3, -0.25) is 0 Å². The molecule has 2 fully saturated rings. The Morgan fingerprint density at radius 1 is 0.862 bits per heavy atom. The first kappa shape index (κ1) is 19.8. The topological polar surface area (TPSA) is 60.3 Å². The van der Waals surface area contributed by atoms with E-state index in [4.69, 9.17) is 14.7 Å². The van der Waals surface area contributed by atoms with Gasteiger partial charge in [-0.1, -0.05) is 0 Å². The molecule has 29 heavy (non-hydrogen) atoms. The lowest BCUT2D eigenvalue weighted by Crippen LogP contribution is -2.48. The molecule has 2 saturated heterocycles. The number of hydrogen-bond acceptors (Lipinski definition) is 8. The molecule has 2 aliphatic heterocycles. The van der Waals surface area contributed by atoms with Gasteiger partial charge in [-0.25, -0.2) is 15.0 Å². The Morgan fingerprint density at radius 2 is 1.41 bits per heavy atom. The summed E-state index contributed by atoms with van der Waals surface area (Å²) in [7, 11) is 4.35. The van der Waals surface area contributed by atoms with Gasteiger partial charge in [-0.15, -0.1) is 0 Å². The summed E-state index contributed by atoms with van der Waals surface area (Å²) < 4.78 is 5.23. The molecule has 1 aromatic heterocycles. The van der Waals surface area contributed by atoms with E-state index in [1.807, 2.05) is 25.1 Å². The smallest absolute Gasteiger partial charge is 0.174 e. The number of rotatable bonds is 5. The van der Waals surface area contributed by atoms with E-state index in [2.05, 4.69) is 38.7 Å². The minimum absolute atomic E-state index is 0.610. The first-order chi connectivity index (χ1) is 14.1. The first-order valence-electron chi connectivity index (χ1n) is 10.5. The van der Waals surface area contributed by atoms with E-state index in [9.17, 15) is 0 Å². The largest absolute Gasteiger partial charge is 0.483 e. The average molecular weight is 398 g/mol. The van der Waals surface area contributed by atoms with Crippen molar-refractivity contribution in [2.45, 2.75) is 6.92 Å². The maximum atomic E-state index is 5.23. The second-order valence-corrected chi connectivity index (χ2v) is 7.81. The van der Waals surface area contributed by atoms with E-state index < -0.39 is 0 Å². The van der Waals surface area contributed by atoms with E-state index in [0.29, 0.717) is 6.61 Å². The van der Waals surface area contributed by atoms with Crippen molar-refractivity contribution in [2.75, 3.05) is 82.9 Å². The Morgan fingerprint density at radius 3 is 1.97 bits per heavy atom. The summed E-state index contributed by atoms with van der Waals surface area (Å²) in [6, 6.07) is 5.97. The zero-order valence-corrected chi connectivity index (χ0v) is 17.7. The minimum Gasteiger partial charge on any atom is -0.483 e. The lowest BCUT2D eigenvalue weighted by molar-refractivity contribution is 0.308. The van der Waals surface area contributed by atoms with E-state index in [1.54, 1.807) is 0 Å². The van der Waals surface area contributed by atoms with Gasteiger partial charge >= 0.3 is 0 Å². The van der Waals surface area contributed by atoms with Crippen molar-refractivity contribution in [1.29, 1.82) is 0 Å². The van der Waals surface area contributed by atoms with E-state index >= 15 is 0 Å². The highest BCUT2D eigenvalue weighted by atomic mass is 16.5. The molecule has 0 spiro atoms. The number of benzene rings is 1. The number of aliphatic imine (C=N–C) groups is 1. The maximum absolute atomic E-state index is 5.23. The highest BCUT2D eigenvalue weighted by Gasteiger charge is 2.25. The van der Waals surface area contributed by atoms with E-state index in [-0.39, 0.29) is 0 Å². The lowest BCUT2D eigenvalue weighted by Gasteiger charge is -2.38. The number of piperazine rings is 2. The standard InChI is InChI=1S/C21H31N7O/c1-4-29-16-22-17-5-6-18-19(15-17)24-21(28-13-9-26(3)10-14-28)20(23-18)27-11-7-25(2)8-12-27/h5-6,15-16H,4,7-14H2,1-3H3/b22-16-. The van der Waals surface area contributed by atoms with Crippen molar-refractivity contribution in [3.8, 4) is 0 Å². The van der Waals surface area contributed by atoms with Gasteiger partial charge in [-0.2, -0.15) is 0 Å². The molecular formula is C21H31N7O. The number of anilines is 2. The second-order valence-electron chi connectivity index (χ2n) is 7.81. The van der Waals surface area contributed by atoms with Gasteiger partial charge in [-0.05, 0) is 39.2 Å². The van der Waals surface area contributed by atoms with Gasteiger partial charge in [0.15, 0.2) is 18.0 Å². The number of likely N-dealkylation sites (N-methyl/N-ethyl adjacent to an activating group) is 2. The van der Waals surface area contributed by atoms with Crippen molar-refractivity contribution >= 4 is 34.8 Å². The molecule has 0 atom stereocenters. The molecule has 0 saturated carbocycles. The second kappa shape index (κ2) is 8.92. The van der Waals surface area contributed by atoms with Crippen LogP contribution in [0.15, 0.2) is 23.2 Å². The van der Waals surface area contributed by atoms with Gasteiger partial charge in [0.1, 0.15) is 0 Å². The number of nitrogens with zero attached hydrogens (tertiary/aromatic N) is 7. The van der Waals surface area contributed by atoms with Gasteiger partial charge in [0, 0.05) is 52.4 Å². The van der Waals surface area contributed by atoms with E-state index in [0.717, 1.165) is 80.7 Å². The van der Waals surface area contributed by atoms with Gasteiger partial charge in [0.05, 0.1) is 23.3 Å². The normalized spacial score (nSPS) is 19.4. The Hall–Kier alpha value is -2.45. The third kappa shape index (κ3) is 4.59. The Labute approximate surface area is 172 Å². The Bertz CT molecular complexity index is 855. The van der Waals surface area contributed by atoms with Crippen LogP contribution in [0.3, 0.4) is 0 Å². The number of ether oxygens (including phenoxy) is 1. The first-order valence-corrected chi connectivity index (χ1v) is 10.5. The fraction of sp³-hybridized carbons (Fsp3) is 0.571. The molecule has 0 amide bonds. The molecule has 0 unspecified atom stereocenters. The van der Waals surface area contributed by atoms with Crippen molar-refractivity contribution in [3.63, 3.8) is 0 Å². The van der Waals surface area contributed by atoms with Crippen LogP contribution in [0.25, 0.3) is 11.0 Å². The van der Waals surface area contributed by atoms with Crippen LogP contribution in [0.1, 0.15) is 6.92 Å². The molecule has 0 radical (unpaired) electrons. The molecule has 2 aromatic rings. The molecule has 2 aliphatic rings. The monoisotopic (exact) mass is 397 g/mol. The zero-order valence-electron chi connectivity index (χ0n) is 17.7. The summed E-state index contributed by atoms with van der Waals surface area (Å²) in [4.78, 5) is 24.0. The average Bonchev–Trinajstić information content (AvgIpc) is 2.74. The Balaban J connectivity index is 1.71. The highest BCUT2D eigenvalue weighted by Crippen LogP contribution is 2.31. The summed E-state index contributed by atoms with van der Waals surface area (Å²) in [5.41, 5.74) is 2.62. The van der Waals surface area contributed by atoms with Crippen LogP contribution in [0.4, 0.5) is 17.3 Å². The van der Waals surface area contributed by atoms with Gasteiger partial charge < -0.3 is 24.3 Å². The van der Waals surface area contributed by atoms with Crippen LogP contribution < -0.4 is 9.80 Å². The molecule has 4 rings (SSSR count). The highest BCUT2D eigenvalue weighted by molar-refractivity contribution is 5.84. The molecular weight excluding hydrogens is 366 g/mol. The summed E-state index contributed by atoms with van der Waals surface area (Å²) in [6.45, 7) is 10.6. The van der Waals surface area contributed by atoms with Crippen LogP contribution in [-0.2, 0) is 4.74 Å². The number of aromatic nitrogens is 2. The molecule has 0 aliphatic carbocycles. The molecule has 3 heterocycles. The third-order valence-corrected chi connectivity index (χ3v) is 5.66. The van der Waals surface area contributed by atoms with Crippen molar-refractivity contribution < 1.29 is 4.74 Å². The Kier molecular flexibility index (Phi) is 6.10. The van der Waals surface area contributed by atoms with Crippen LogP contribution in [0, 0.1) is 0 Å². The van der Waals surface area contributed by atoms with Crippen molar-refractivity contribution in [2.24, 2.45) is 4.99 Å². The van der Waals surface area contributed by atoms with Crippen LogP contribution in [0.5, 0.6) is 0 Å². The van der Waals surface area contributed by atoms with Crippen LogP contribution in [0.2, 0.25) is 0 Å². The predicted molar refractivity (Wildman–Crippen MR) is 119 cm³/mol. The molecule has 0 bridgehead atoms. The molecule has 1 aromatic carbocycles. The van der Waals surface area contributed by atoms with Crippen LogP contribution >= 0.6 is 0 Å². The summed E-state index contributed by atoms with van der Waals surface area (Å²) >= 11 is 0. The fourth-order valence-electron chi connectivity index (χ4n) is 3.74. The molecule has 8 nitrogen and oxygen atoms in total. The fourth-order valence-corrected chi connectivity index (χ4v) is 3.74.